The van der Waals surface area contributed by atoms with Crippen molar-refractivity contribution in [2.45, 2.75) is 33.2 Å². The summed E-state index contributed by atoms with van der Waals surface area (Å²) in [5.74, 6) is 0.607. The Bertz CT molecular complexity index is 580. The minimum Gasteiger partial charge on any atom is -0.496 e. The van der Waals surface area contributed by atoms with Gasteiger partial charge in [-0.3, -0.25) is 4.79 Å². The van der Waals surface area contributed by atoms with Gasteiger partial charge in [0.1, 0.15) is 5.75 Å². The molecule has 0 atom stereocenters. The zero-order chi connectivity index (χ0) is 17.5. The molecule has 1 N–H and O–H groups in total. The zero-order valence-electron chi connectivity index (χ0n) is 14.6. The highest BCUT2D eigenvalue weighted by Gasteiger charge is 2.28. The number of nitrogens with zero attached hydrogens (tertiary/aromatic N) is 1. The second-order valence-corrected chi connectivity index (χ2v) is 5.98. The molecule has 0 aliphatic carbocycles. The van der Waals surface area contributed by atoms with Gasteiger partial charge in [-0.25, -0.2) is 4.79 Å². The van der Waals surface area contributed by atoms with E-state index in [4.69, 9.17) is 9.47 Å². The molecule has 0 bridgehead atoms. The number of piperidine rings is 1. The monoisotopic (exact) mass is 334 g/mol. The van der Waals surface area contributed by atoms with Crippen LogP contribution in [0.4, 0.5) is 4.79 Å². The van der Waals surface area contributed by atoms with Crippen molar-refractivity contribution in [3.8, 4) is 5.75 Å². The van der Waals surface area contributed by atoms with Gasteiger partial charge in [0, 0.05) is 19.6 Å². The molecule has 0 aromatic heterocycles. The third-order valence-corrected chi connectivity index (χ3v) is 4.31. The number of hydrogen-bond donors (Lipinski definition) is 1. The van der Waals surface area contributed by atoms with Crippen LogP contribution in [0, 0.1) is 12.8 Å². The molecule has 6 nitrogen and oxygen atoms in total. The molecule has 2 amide bonds. The molecule has 0 radical (unpaired) electrons. The van der Waals surface area contributed by atoms with Crippen molar-refractivity contribution in [1.82, 2.24) is 10.2 Å². The molecule has 6 heteroatoms. The summed E-state index contributed by atoms with van der Waals surface area (Å²) in [6.45, 7) is 5.82. The maximum Gasteiger partial charge on any atom is 0.317 e. The van der Waals surface area contributed by atoms with Crippen molar-refractivity contribution in [3.05, 3.63) is 29.3 Å². The molecule has 1 saturated heterocycles. The number of aryl methyl sites for hydroxylation is 1. The third kappa shape index (κ3) is 4.63. The lowest BCUT2D eigenvalue weighted by atomic mass is 9.97. The van der Waals surface area contributed by atoms with E-state index in [9.17, 15) is 9.59 Å². The smallest absolute Gasteiger partial charge is 0.317 e. The Labute approximate surface area is 143 Å². The average Bonchev–Trinajstić information content (AvgIpc) is 2.60. The first kappa shape index (κ1) is 18.1. The van der Waals surface area contributed by atoms with E-state index in [-0.39, 0.29) is 17.9 Å². The second-order valence-electron chi connectivity index (χ2n) is 5.98. The lowest BCUT2D eigenvalue weighted by molar-refractivity contribution is -0.149. The molecular formula is C18H26N2O4. The summed E-state index contributed by atoms with van der Waals surface area (Å²) in [7, 11) is 1.64. The number of nitrogens with one attached hydrogen (secondary N) is 1. The summed E-state index contributed by atoms with van der Waals surface area (Å²) in [5, 5.41) is 2.93. The van der Waals surface area contributed by atoms with Crippen LogP contribution in [0.15, 0.2) is 18.2 Å². The Kier molecular flexibility index (Phi) is 6.46. The van der Waals surface area contributed by atoms with Crippen LogP contribution >= 0.6 is 0 Å². The summed E-state index contributed by atoms with van der Waals surface area (Å²) in [6.07, 6.45) is 1.32. The van der Waals surface area contributed by atoms with Crippen LogP contribution in [-0.4, -0.2) is 43.7 Å². The van der Waals surface area contributed by atoms with Crippen LogP contribution in [-0.2, 0) is 16.1 Å². The van der Waals surface area contributed by atoms with Gasteiger partial charge in [-0.2, -0.15) is 0 Å². The van der Waals surface area contributed by atoms with Crippen LogP contribution in [0.25, 0.3) is 0 Å². The molecule has 1 aliphatic heterocycles. The van der Waals surface area contributed by atoms with Crippen molar-refractivity contribution in [2.75, 3.05) is 26.8 Å². The summed E-state index contributed by atoms with van der Waals surface area (Å²) in [6, 6.07) is 5.76. The summed E-state index contributed by atoms with van der Waals surface area (Å²) >= 11 is 0. The predicted molar refractivity (Wildman–Crippen MR) is 90.9 cm³/mol. The van der Waals surface area contributed by atoms with Crippen LogP contribution < -0.4 is 10.1 Å². The number of likely N-dealkylation sites (tertiary alicyclic amines) is 1. The van der Waals surface area contributed by atoms with Gasteiger partial charge in [-0.1, -0.05) is 12.1 Å². The summed E-state index contributed by atoms with van der Waals surface area (Å²) in [5.41, 5.74) is 2.07. The highest BCUT2D eigenvalue weighted by molar-refractivity contribution is 5.76. The van der Waals surface area contributed by atoms with Crippen molar-refractivity contribution >= 4 is 12.0 Å². The number of urea groups is 1. The molecule has 1 heterocycles. The van der Waals surface area contributed by atoms with Gasteiger partial charge in [0.25, 0.3) is 0 Å². The van der Waals surface area contributed by atoms with Gasteiger partial charge in [-0.15, -0.1) is 0 Å². The minimum absolute atomic E-state index is 0.0850. The number of methoxy groups -OCH3 is 1. The first-order valence-corrected chi connectivity index (χ1v) is 8.38. The maximum atomic E-state index is 12.3. The van der Waals surface area contributed by atoms with Crippen LogP contribution in [0.2, 0.25) is 0 Å². The Morgan fingerprint density at radius 3 is 2.58 bits per heavy atom. The lowest BCUT2D eigenvalue weighted by Crippen LogP contribution is -2.45. The normalized spacial score (nSPS) is 15.0. The van der Waals surface area contributed by atoms with Gasteiger partial charge in [0.15, 0.2) is 0 Å². The molecule has 1 fully saturated rings. The first-order chi connectivity index (χ1) is 11.5. The Hall–Kier alpha value is -2.24. The third-order valence-electron chi connectivity index (χ3n) is 4.31. The first-order valence-electron chi connectivity index (χ1n) is 8.38. The molecular weight excluding hydrogens is 308 g/mol. The van der Waals surface area contributed by atoms with Crippen molar-refractivity contribution in [1.29, 1.82) is 0 Å². The quantitative estimate of drug-likeness (QED) is 0.840. The van der Waals surface area contributed by atoms with Gasteiger partial charge in [-0.05, 0) is 43.9 Å². The summed E-state index contributed by atoms with van der Waals surface area (Å²) in [4.78, 5) is 25.7. The molecule has 2 rings (SSSR count). The number of ether oxygens (including phenoxy) is 2. The van der Waals surface area contributed by atoms with Crippen LogP contribution in [0.3, 0.4) is 0 Å². The predicted octanol–water partition coefficient (Wildman–Crippen LogP) is 2.49. The van der Waals surface area contributed by atoms with E-state index < -0.39 is 0 Å². The molecule has 24 heavy (non-hydrogen) atoms. The van der Waals surface area contributed by atoms with E-state index >= 15 is 0 Å². The van der Waals surface area contributed by atoms with E-state index in [1.807, 2.05) is 25.1 Å². The Balaban J connectivity index is 1.79. The Morgan fingerprint density at radius 2 is 2.00 bits per heavy atom. The van der Waals surface area contributed by atoms with Crippen molar-refractivity contribution in [3.63, 3.8) is 0 Å². The second kappa shape index (κ2) is 8.57. The number of amides is 2. The van der Waals surface area contributed by atoms with Crippen molar-refractivity contribution in [2.24, 2.45) is 5.92 Å². The highest BCUT2D eigenvalue weighted by Crippen LogP contribution is 2.20. The SMILES string of the molecule is CCOC(=O)C1CCN(C(=O)NCc2ccc(OC)c(C)c2)CC1. The number of benzene rings is 1. The standard InChI is InChI=1S/C18H26N2O4/c1-4-24-17(21)15-7-9-20(10-8-15)18(22)19-12-14-5-6-16(23-3)13(2)11-14/h5-6,11,15H,4,7-10,12H2,1-3H3,(H,19,22). The van der Waals surface area contributed by atoms with E-state index in [2.05, 4.69) is 5.32 Å². The molecule has 0 unspecified atom stereocenters. The average molecular weight is 334 g/mol. The van der Waals surface area contributed by atoms with E-state index in [1.54, 1.807) is 18.9 Å². The molecule has 1 aromatic rings. The van der Waals surface area contributed by atoms with Gasteiger partial charge in [0.2, 0.25) is 0 Å². The molecule has 132 valence electrons. The summed E-state index contributed by atoms with van der Waals surface area (Å²) < 4.78 is 10.3. The fourth-order valence-corrected chi connectivity index (χ4v) is 2.92. The van der Waals surface area contributed by atoms with Crippen LogP contribution in [0.5, 0.6) is 5.75 Å². The molecule has 1 aromatic carbocycles. The number of carbonyl (C=O) groups is 2. The number of carbonyl (C=O) groups excluding carboxylic acids is 2. The minimum atomic E-state index is -0.147. The topological polar surface area (TPSA) is 67.9 Å². The Morgan fingerprint density at radius 1 is 1.29 bits per heavy atom. The molecule has 1 aliphatic rings. The van der Waals surface area contributed by atoms with E-state index in [0.717, 1.165) is 16.9 Å². The fourth-order valence-electron chi connectivity index (χ4n) is 2.92. The highest BCUT2D eigenvalue weighted by atomic mass is 16.5. The largest absolute Gasteiger partial charge is 0.496 e. The number of rotatable bonds is 5. The number of esters is 1. The molecule has 0 spiro atoms. The van der Waals surface area contributed by atoms with E-state index in [0.29, 0.717) is 39.1 Å². The fraction of sp³-hybridized carbons (Fsp3) is 0.556. The van der Waals surface area contributed by atoms with Gasteiger partial charge < -0.3 is 19.7 Å². The van der Waals surface area contributed by atoms with Crippen LogP contribution in [0.1, 0.15) is 30.9 Å². The van der Waals surface area contributed by atoms with Gasteiger partial charge >= 0.3 is 12.0 Å². The number of hydrogen-bond acceptors (Lipinski definition) is 4. The maximum absolute atomic E-state index is 12.3. The van der Waals surface area contributed by atoms with Crippen molar-refractivity contribution < 1.29 is 19.1 Å². The molecule has 0 saturated carbocycles. The lowest BCUT2D eigenvalue weighted by Gasteiger charge is -2.30. The van der Waals surface area contributed by atoms with E-state index in [1.165, 1.54) is 0 Å². The zero-order valence-corrected chi connectivity index (χ0v) is 14.6. The van der Waals surface area contributed by atoms with Gasteiger partial charge in [0.05, 0.1) is 19.6 Å².